The highest BCUT2D eigenvalue weighted by atomic mass is 16.5. The Morgan fingerprint density at radius 3 is 2.85 bits per heavy atom. The number of ether oxygens (including phenoxy) is 1. The maximum Gasteiger partial charge on any atom is 0.233 e. The van der Waals surface area contributed by atoms with E-state index in [9.17, 15) is 4.79 Å². The molecule has 1 aromatic heterocycles. The van der Waals surface area contributed by atoms with Crippen molar-refractivity contribution in [3.05, 3.63) is 12.1 Å². The van der Waals surface area contributed by atoms with Gasteiger partial charge in [0.1, 0.15) is 0 Å². The van der Waals surface area contributed by atoms with Crippen molar-refractivity contribution in [2.75, 3.05) is 25.1 Å². The molecule has 0 bridgehead atoms. The molecule has 1 saturated carbocycles. The molecular formula is C14H20N4O2. The first-order valence-corrected chi connectivity index (χ1v) is 7.19. The van der Waals surface area contributed by atoms with Crippen molar-refractivity contribution in [1.82, 2.24) is 15.5 Å². The molecule has 1 amide bonds. The third-order valence-corrected chi connectivity index (χ3v) is 3.88. The molecule has 1 aromatic rings. The first kappa shape index (κ1) is 13.1. The standard InChI is InChI=1S/C14H20N4O2/c1-20-13-7-6-12(16-17-13)18-8-2-3-10(9-18)14(19)15-11-4-5-11/h6-7,10-11H,2-5,8-9H2,1H3,(H,15,19)/t10-/m0/s1. The summed E-state index contributed by atoms with van der Waals surface area (Å²) < 4.78 is 5.01. The SMILES string of the molecule is COc1ccc(N2CCC[C@H](C(=O)NC3CC3)C2)nn1. The second-order valence-corrected chi connectivity index (χ2v) is 5.50. The predicted molar refractivity (Wildman–Crippen MR) is 74.7 cm³/mol. The van der Waals surface area contributed by atoms with Crippen LogP contribution in [-0.2, 0) is 4.79 Å². The lowest BCUT2D eigenvalue weighted by molar-refractivity contribution is -0.125. The lowest BCUT2D eigenvalue weighted by Gasteiger charge is -2.32. The molecule has 20 heavy (non-hydrogen) atoms. The Labute approximate surface area is 118 Å². The smallest absolute Gasteiger partial charge is 0.233 e. The fourth-order valence-corrected chi connectivity index (χ4v) is 2.54. The summed E-state index contributed by atoms with van der Waals surface area (Å²) in [5.41, 5.74) is 0. The van der Waals surface area contributed by atoms with Gasteiger partial charge in [-0.1, -0.05) is 0 Å². The molecule has 2 aliphatic rings. The lowest BCUT2D eigenvalue weighted by atomic mass is 9.97. The third kappa shape index (κ3) is 3.00. The number of hydrogen-bond donors (Lipinski definition) is 1. The van der Waals surface area contributed by atoms with Crippen LogP contribution in [0.2, 0.25) is 0 Å². The Morgan fingerprint density at radius 2 is 2.20 bits per heavy atom. The van der Waals surface area contributed by atoms with E-state index in [0.29, 0.717) is 11.9 Å². The first-order chi connectivity index (χ1) is 9.76. The lowest BCUT2D eigenvalue weighted by Crippen LogP contribution is -2.44. The molecule has 2 fully saturated rings. The number of carbonyl (C=O) groups excluding carboxylic acids is 1. The molecule has 1 aliphatic heterocycles. The third-order valence-electron chi connectivity index (χ3n) is 3.88. The normalized spacial score (nSPS) is 22.4. The zero-order valence-electron chi connectivity index (χ0n) is 11.7. The van der Waals surface area contributed by atoms with Gasteiger partial charge in [-0.05, 0) is 31.7 Å². The number of hydrogen-bond acceptors (Lipinski definition) is 5. The second-order valence-electron chi connectivity index (χ2n) is 5.50. The van der Waals surface area contributed by atoms with Gasteiger partial charge >= 0.3 is 0 Å². The van der Waals surface area contributed by atoms with E-state index in [1.807, 2.05) is 6.07 Å². The fourth-order valence-electron chi connectivity index (χ4n) is 2.54. The van der Waals surface area contributed by atoms with Crippen LogP contribution in [0.15, 0.2) is 12.1 Å². The van der Waals surface area contributed by atoms with Crippen LogP contribution in [0, 0.1) is 5.92 Å². The molecule has 0 radical (unpaired) electrons. The van der Waals surface area contributed by atoms with Gasteiger partial charge in [0.15, 0.2) is 5.82 Å². The first-order valence-electron chi connectivity index (χ1n) is 7.19. The molecule has 0 aromatic carbocycles. The Bertz CT molecular complexity index is 473. The van der Waals surface area contributed by atoms with Gasteiger partial charge < -0.3 is 15.0 Å². The molecule has 1 N–H and O–H groups in total. The van der Waals surface area contributed by atoms with Crippen molar-refractivity contribution in [3.63, 3.8) is 0 Å². The van der Waals surface area contributed by atoms with Gasteiger partial charge in [0.05, 0.1) is 13.0 Å². The van der Waals surface area contributed by atoms with Crippen molar-refractivity contribution in [1.29, 1.82) is 0 Å². The summed E-state index contributed by atoms with van der Waals surface area (Å²) >= 11 is 0. The van der Waals surface area contributed by atoms with Crippen LogP contribution in [-0.4, -0.2) is 42.3 Å². The van der Waals surface area contributed by atoms with E-state index in [1.165, 1.54) is 0 Å². The zero-order chi connectivity index (χ0) is 13.9. The molecule has 1 aliphatic carbocycles. The van der Waals surface area contributed by atoms with Gasteiger partial charge in [-0.15, -0.1) is 10.2 Å². The zero-order valence-corrected chi connectivity index (χ0v) is 11.7. The maximum atomic E-state index is 12.1. The average molecular weight is 276 g/mol. The number of nitrogens with one attached hydrogen (secondary N) is 1. The van der Waals surface area contributed by atoms with Gasteiger partial charge in [-0.25, -0.2) is 0 Å². The fraction of sp³-hybridized carbons (Fsp3) is 0.643. The van der Waals surface area contributed by atoms with Gasteiger partial charge in [0.25, 0.3) is 0 Å². The summed E-state index contributed by atoms with van der Waals surface area (Å²) in [6.45, 7) is 1.65. The molecule has 0 spiro atoms. The Kier molecular flexibility index (Phi) is 3.71. The van der Waals surface area contributed by atoms with Gasteiger partial charge in [0.2, 0.25) is 11.8 Å². The number of carbonyl (C=O) groups is 1. The van der Waals surface area contributed by atoms with E-state index in [0.717, 1.165) is 44.6 Å². The summed E-state index contributed by atoms with van der Waals surface area (Å²) in [6.07, 6.45) is 4.23. The van der Waals surface area contributed by atoms with Crippen molar-refractivity contribution in [2.24, 2.45) is 5.92 Å². The van der Waals surface area contributed by atoms with E-state index in [2.05, 4.69) is 20.4 Å². The van der Waals surface area contributed by atoms with Crippen LogP contribution in [0.3, 0.4) is 0 Å². The number of rotatable bonds is 4. The molecule has 6 heteroatoms. The average Bonchev–Trinajstić information content (AvgIpc) is 3.31. The summed E-state index contributed by atoms with van der Waals surface area (Å²) in [7, 11) is 1.57. The van der Waals surface area contributed by atoms with Gasteiger partial charge in [-0.3, -0.25) is 4.79 Å². The largest absolute Gasteiger partial charge is 0.480 e. The molecule has 108 valence electrons. The van der Waals surface area contributed by atoms with Crippen molar-refractivity contribution in [3.8, 4) is 5.88 Å². The van der Waals surface area contributed by atoms with Crippen LogP contribution in [0.5, 0.6) is 5.88 Å². The molecule has 6 nitrogen and oxygen atoms in total. The van der Waals surface area contributed by atoms with Gasteiger partial charge in [-0.2, -0.15) is 0 Å². The minimum absolute atomic E-state index is 0.0632. The Hall–Kier alpha value is -1.85. The highest BCUT2D eigenvalue weighted by molar-refractivity contribution is 5.80. The van der Waals surface area contributed by atoms with E-state index in [4.69, 9.17) is 4.74 Å². The summed E-state index contributed by atoms with van der Waals surface area (Å²) in [5, 5.41) is 11.2. The molecule has 1 atom stereocenters. The highest BCUT2D eigenvalue weighted by Crippen LogP contribution is 2.24. The molecule has 0 unspecified atom stereocenters. The number of methoxy groups -OCH3 is 1. The monoisotopic (exact) mass is 276 g/mol. The molecule has 2 heterocycles. The van der Waals surface area contributed by atoms with E-state index < -0.39 is 0 Å². The Balaban J connectivity index is 1.62. The summed E-state index contributed by atoms with van der Waals surface area (Å²) in [5.74, 6) is 1.58. The number of anilines is 1. The minimum Gasteiger partial charge on any atom is -0.480 e. The van der Waals surface area contributed by atoms with Crippen LogP contribution >= 0.6 is 0 Å². The van der Waals surface area contributed by atoms with E-state index in [-0.39, 0.29) is 11.8 Å². The Morgan fingerprint density at radius 1 is 1.35 bits per heavy atom. The van der Waals surface area contributed by atoms with E-state index in [1.54, 1.807) is 13.2 Å². The quantitative estimate of drug-likeness (QED) is 0.888. The molecule has 3 rings (SSSR count). The molecule has 1 saturated heterocycles. The number of amides is 1. The van der Waals surface area contributed by atoms with Crippen LogP contribution in [0.25, 0.3) is 0 Å². The minimum atomic E-state index is 0.0632. The molecular weight excluding hydrogens is 256 g/mol. The van der Waals surface area contributed by atoms with Crippen molar-refractivity contribution >= 4 is 11.7 Å². The van der Waals surface area contributed by atoms with Crippen molar-refractivity contribution < 1.29 is 9.53 Å². The summed E-state index contributed by atoms with van der Waals surface area (Å²) in [4.78, 5) is 14.3. The topological polar surface area (TPSA) is 67.3 Å². The van der Waals surface area contributed by atoms with Crippen LogP contribution < -0.4 is 15.0 Å². The second kappa shape index (κ2) is 5.64. The van der Waals surface area contributed by atoms with Gasteiger partial charge in [0, 0.05) is 25.2 Å². The number of piperidine rings is 1. The van der Waals surface area contributed by atoms with E-state index >= 15 is 0 Å². The number of nitrogens with zero attached hydrogens (tertiary/aromatic N) is 3. The summed E-state index contributed by atoms with van der Waals surface area (Å²) in [6, 6.07) is 4.13. The van der Waals surface area contributed by atoms with Crippen LogP contribution in [0.4, 0.5) is 5.82 Å². The highest BCUT2D eigenvalue weighted by Gasteiger charge is 2.30. The maximum absolute atomic E-state index is 12.1. The predicted octanol–water partition coefficient (Wildman–Crippen LogP) is 0.980. The van der Waals surface area contributed by atoms with Crippen LogP contribution in [0.1, 0.15) is 25.7 Å². The van der Waals surface area contributed by atoms with Crippen molar-refractivity contribution in [2.45, 2.75) is 31.7 Å². The number of aromatic nitrogens is 2.